The van der Waals surface area contributed by atoms with Crippen LogP contribution in [0.15, 0.2) is 51.4 Å². The van der Waals surface area contributed by atoms with Crippen LogP contribution in [-0.2, 0) is 6.42 Å². The molecule has 0 aliphatic carbocycles. The number of hydrogen-bond donors (Lipinski definition) is 1. The van der Waals surface area contributed by atoms with Crippen LogP contribution >= 0.6 is 31.9 Å². The molecule has 2 aromatic carbocycles. The molecule has 2 aromatic rings. The van der Waals surface area contributed by atoms with Gasteiger partial charge in [-0.15, -0.1) is 0 Å². The summed E-state index contributed by atoms with van der Waals surface area (Å²) in [5, 5.41) is 10.2. The molecule has 2 nitrogen and oxygen atoms in total. The Morgan fingerprint density at radius 2 is 1.79 bits per heavy atom. The van der Waals surface area contributed by atoms with Crippen LogP contribution in [0.3, 0.4) is 0 Å². The molecule has 0 saturated carbocycles. The fraction of sp³-hybridized carbons (Fsp3) is 0.200. The highest BCUT2D eigenvalue weighted by Crippen LogP contribution is 2.28. The second kappa shape index (κ2) is 6.55. The van der Waals surface area contributed by atoms with Gasteiger partial charge in [0.15, 0.2) is 0 Å². The second-order valence-corrected chi connectivity index (χ2v) is 6.01. The molecule has 4 heteroatoms. The Morgan fingerprint density at radius 1 is 1.11 bits per heavy atom. The van der Waals surface area contributed by atoms with Gasteiger partial charge in [0.25, 0.3) is 0 Å². The first-order valence-corrected chi connectivity index (χ1v) is 7.44. The first kappa shape index (κ1) is 14.6. The van der Waals surface area contributed by atoms with Crippen molar-refractivity contribution in [2.24, 2.45) is 0 Å². The molecule has 1 atom stereocenters. The van der Waals surface area contributed by atoms with Crippen molar-refractivity contribution in [3.63, 3.8) is 0 Å². The largest absolute Gasteiger partial charge is 0.496 e. The van der Waals surface area contributed by atoms with E-state index in [2.05, 4.69) is 31.9 Å². The molecule has 1 unspecified atom stereocenters. The van der Waals surface area contributed by atoms with Gasteiger partial charge >= 0.3 is 0 Å². The predicted octanol–water partition coefficient (Wildman–Crippen LogP) is 4.50. The van der Waals surface area contributed by atoms with Gasteiger partial charge in [-0.2, -0.15) is 0 Å². The van der Waals surface area contributed by atoms with Crippen LogP contribution < -0.4 is 4.74 Å². The predicted molar refractivity (Wildman–Crippen MR) is 83.5 cm³/mol. The minimum absolute atomic E-state index is 0.506. The number of rotatable bonds is 4. The molecule has 0 saturated heterocycles. The molecule has 0 heterocycles. The number of methoxy groups -OCH3 is 1. The van der Waals surface area contributed by atoms with Crippen molar-refractivity contribution >= 4 is 31.9 Å². The first-order chi connectivity index (χ1) is 9.10. The highest BCUT2D eigenvalue weighted by Gasteiger charge is 2.10. The van der Waals surface area contributed by atoms with Crippen molar-refractivity contribution in [1.29, 1.82) is 0 Å². The highest BCUT2D eigenvalue weighted by atomic mass is 79.9. The average Bonchev–Trinajstić information content (AvgIpc) is 2.39. The Kier molecular flexibility index (Phi) is 5.02. The van der Waals surface area contributed by atoms with Gasteiger partial charge in [-0.05, 0) is 51.3 Å². The summed E-state index contributed by atoms with van der Waals surface area (Å²) in [6.07, 6.45) is 0.0675. The smallest absolute Gasteiger partial charge is 0.133 e. The van der Waals surface area contributed by atoms with Crippen LogP contribution in [0, 0.1) is 0 Å². The van der Waals surface area contributed by atoms with Crippen LogP contribution in [0.5, 0.6) is 5.75 Å². The van der Waals surface area contributed by atoms with Gasteiger partial charge < -0.3 is 9.84 Å². The van der Waals surface area contributed by atoms with Crippen LogP contribution in [0.1, 0.15) is 17.2 Å². The van der Waals surface area contributed by atoms with E-state index < -0.39 is 6.10 Å². The highest BCUT2D eigenvalue weighted by molar-refractivity contribution is 9.10. The van der Waals surface area contributed by atoms with E-state index >= 15 is 0 Å². The van der Waals surface area contributed by atoms with Gasteiger partial charge in [-0.1, -0.05) is 34.1 Å². The second-order valence-electron chi connectivity index (χ2n) is 4.24. The van der Waals surface area contributed by atoms with E-state index in [9.17, 15) is 5.11 Å². The minimum Gasteiger partial charge on any atom is -0.496 e. The minimum atomic E-state index is -0.506. The van der Waals surface area contributed by atoms with Crippen LogP contribution in [-0.4, -0.2) is 12.2 Å². The summed E-state index contributed by atoms with van der Waals surface area (Å²) in [6.45, 7) is 0. The van der Waals surface area contributed by atoms with Crippen molar-refractivity contribution in [3.05, 3.63) is 62.5 Å². The molecule has 0 aliphatic rings. The SMILES string of the molecule is COc1ccc(CC(O)c2ccc(Br)cc2)cc1Br. The van der Waals surface area contributed by atoms with Gasteiger partial charge in [0.2, 0.25) is 0 Å². The molecule has 0 radical (unpaired) electrons. The maximum atomic E-state index is 10.2. The van der Waals surface area contributed by atoms with E-state index in [4.69, 9.17) is 4.74 Å². The molecule has 1 N–H and O–H groups in total. The molecule has 0 amide bonds. The van der Waals surface area contributed by atoms with E-state index in [1.54, 1.807) is 7.11 Å². The molecular formula is C15H14Br2O2. The third kappa shape index (κ3) is 3.81. The van der Waals surface area contributed by atoms with Crippen molar-refractivity contribution in [2.75, 3.05) is 7.11 Å². The zero-order valence-corrected chi connectivity index (χ0v) is 13.6. The molecule has 0 spiro atoms. The molecule has 0 bridgehead atoms. The van der Waals surface area contributed by atoms with Gasteiger partial charge in [0.05, 0.1) is 17.7 Å². The third-order valence-electron chi connectivity index (χ3n) is 2.90. The summed E-state index contributed by atoms with van der Waals surface area (Å²) in [6, 6.07) is 13.5. The van der Waals surface area contributed by atoms with Crippen molar-refractivity contribution in [1.82, 2.24) is 0 Å². The maximum absolute atomic E-state index is 10.2. The third-order valence-corrected chi connectivity index (χ3v) is 4.05. The van der Waals surface area contributed by atoms with Crippen LogP contribution in [0.25, 0.3) is 0 Å². The van der Waals surface area contributed by atoms with E-state index in [0.717, 1.165) is 25.8 Å². The Labute approximate surface area is 129 Å². The number of benzene rings is 2. The van der Waals surface area contributed by atoms with E-state index in [1.165, 1.54) is 0 Å². The fourth-order valence-electron chi connectivity index (χ4n) is 1.86. The van der Waals surface area contributed by atoms with E-state index in [1.807, 2.05) is 42.5 Å². The van der Waals surface area contributed by atoms with Crippen molar-refractivity contribution in [3.8, 4) is 5.75 Å². The standard InChI is InChI=1S/C15H14Br2O2/c1-19-15-7-2-10(8-13(15)17)9-14(18)11-3-5-12(16)6-4-11/h2-8,14,18H,9H2,1H3. The lowest BCUT2D eigenvalue weighted by Crippen LogP contribution is -2.01. The number of hydrogen-bond acceptors (Lipinski definition) is 2. The summed E-state index contributed by atoms with van der Waals surface area (Å²) in [5.74, 6) is 0.793. The lowest BCUT2D eigenvalue weighted by molar-refractivity contribution is 0.178. The zero-order valence-electron chi connectivity index (χ0n) is 10.4. The van der Waals surface area contributed by atoms with E-state index in [0.29, 0.717) is 6.42 Å². The molecule has 19 heavy (non-hydrogen) atoms. The number of aliphatic hydroxyl groups excluding tert-OH is 1. The van der Waals surface area contributed by atoms with Crippen molar-refractivity contribution < 1.29 is 9.84 Å². The molecule has 0 aromatic heterocycles. The average molecular weight is 386 g/mol. The summed E-state index contributed by atoms with van der Waals surface area (Å²) in [5.41, 5.74) is 1.97. The summed E-state index contributed by atoms with van der Waals surface area (Å²) < 4.78 is 7.10. The van der Waals surface area contributed by atoms with Crippen molar-refractivity contribution in [2.45, 2.75) is 12.5 Å². The van der Waals surface area contributed by atoms with Gasteiger partial charge in [-0.3, -0.25) is 0 Å². The molecule has 0 aliphatic heterocycles. The zero-order chi connectivity index (χ0) is 13.8. The van der Waals surface area contributed by atoms with Gasteiger partial charge in [0, 0.05) is 10.9 Å². The number of aliphatic hydroxyl groups is 1. The number of halogens is 2. The van der Waals surface area contributed by atoms with Gasteiger partial charge in [0.1, 0.15) is 5.75 Å². The Hall–Kier alpha value is -0.840. The monoisotopic (exact) mass is 384 g/mol. The lowest BCUT2D eigenvalue weighted by Gasteiger charge is -2.12. The van der Waals surface area contributed by atoms with Gasteiger partial charge in [-0.25, -0.2) is 0 Å². The fourth-order valence-corrected chi connectivity index (χ4v) is 2.72. The first-order valence-electron chi connectivity index (χ1n) is 5.86. The van der Waals surface area contributed by atoms with Crippen LogP contribution in [0.4, 0.5) is 0 Å². The summed E-state index contributed by atoms with van der Waals surface area (Å²) >= 11 is 6.84. The quantitative estimate of drug-likeness (QED) is 0.839. The normalized spacial score (nSPS) is 12.2. The molecule has 2 rings (SSSR count). The van der Waals surface area contributed by atoms with Crippen LogP contribution in [0.2, 0.25) is 0 Å². The molecule has 100 valence electrons. The topological polar surface area (TPSA) is 29.5 Å². The summed E-state index contributed by atoms with van der Waals surface area (Å²) in [4.78, 5) is 0. The molecular weight excluding hydrogens is 372 g/mol. The lowest BCUT2D eigenvalue weighted by atomic mass is 10.0. The Balaban J connectivity index is 2.12. The Morgan fingerprint density at radius 3 is 2.37 bits per heavy atom. The summed E-state index contributed by atoms with van der Waals surface area (Å²) in [7, 11) is 1.64. The molecule has 0 fully saturated rings. The van der Waals surface area contributed by atoms with E-state index in [-0.39, 0.29) is 0 Å². The number of ether oxygens (including phenoxy) is 1. The Bertz CT molecular complexity index is 553. The maximum Gasteiger partial charge on any atom is 0.133 e.